The van der Waals surface area contributed by atoms with Gasteiger partial charge in [0.2, 0.25) is 13.8 Å². The maximum Gasteiger partial charge on any atom is 0.223 e. The van der Waals surface area contributed by atoms with Crippen LogP contribution in [0.15, 0.2) is 30.3 Å². The van der Waals surface area contributed by atoms with Crippen molar-refractivity contribution in [2.45, 2.75) is 90.1 Å². The summed E-state index contributed by atoms with van der Waals surface area (Å²) in [6, 6.07) is 9.65. The van der Waals surface area contributed by atoms with Crippen LogP contribution in [-0.2, 0) is 20.7 Å². The number of hydrogen-bond donors (Lipinski definition) is 1. The molecule has 1 aromatic carbocycles. The summed E-state index contributed by atoms with van der Waals surface area (Å²) in [6.45, 7) is 9.54. The number of ketones is 1. The molecule has 2 aliphatic rings. The number of nitrogens with zero attached hydrogens (tertiary/aromatic N) is 1. The number of ether oxygens (including phenoxy) is 1. The molecule has 3 rings (SSSR count). The molecule has 1 saturated heterocycles. The summed E-state index contributed by atoms with van der Waals surface area (Å²) in [5.41, 5.74) is -0.123. The second-order valence-corrected chi connectivity index (χ2v) is 10.7. The quantitative estimate of drug-likeness (QED) is 0.713. The summed E-state index contributed by atoms with van der Waals surface area (Å²) in [4.78, 5) is 39.3. The summed E-state index contributed by atoms with van der Waals surface area (Å²) in [5, 5.41) is 3.08. The zero-order valence-electron chi connectivity index (χ0n) is 19.9. The third-order valence-corrected chi connectivity index (χ3v) is 6.47. The lowest BCUT2D eigenvalue weighted by Gasteiger charge is -2.35. The Bertz CT molecular complexity index is 849. The molecule has 6 nitrogen and oxygen atoms in total. The van der Waals surface area contributed by atoms with Crippen LogP contribution in [0.5, 0.6) is 0 Å². The van der Waals surface area contributed by atoms with Crippen LogP contribution in [-0.4, -0.2) is 53.7 Å². The molecule has 1 aliphatic carbocycles. The standard InChI is InChI=1S/C25H35BN2O4/c1-24(2,3)27-22(30)19-12-11-18(29)14-17(19)15-21-20(13-16-9-7-6-8-10-16)28(23(26)31)25(4,5)32-21/h6-10,17,19-21H,11-15H2,1-5H3,(H,27,30). The van der Waals surface area contributed by atoms with Crippen LogP contribution in [0.1, 0.15) is 65.9 Å². The van der Waals surface area contributed by atoms with E-state index in [9.17, 15) is 14.4 Å². The van der Waals surface area contributed by atoms with Gasteiger partial charge in [-0.1, -0.05) is 30.3 Å². The first-order chi connectivity index (χ1) is 14.9. The van der Waals surface area contributed by atoms with Gasteiger partial charge in [0.15, 0.2) is 5.81 Å². The van der Waals surface area contributed by atoms with Crippen molar-refractivity contribution in [3.8, 4) is 0 Å². The van der Waals surface area contributed by atoms with Gasteiger partial charge in [-0.15, -0.1) is 0 Å². The predicted molar refractivity (Wildman–Crippen MR) is 124 cm³/mol. The topological polar surface area (TPSA) is 75.7 Å². The van der Waals surface area contributed by atoms with Crippen molar-refractivity contribution in [1.82, 2.24) is 10.2 Å². The molecule has 1 N–H and O–H groups in total. The van der Waals surface area contributed by atoms with Crippen molar-refractivity contribution in [1.29, 1.82) is 0 Å². The predicted octanol–water partition coefficient (Wildman–Crippen LogP) is 3.61. The van der Waals surface area contributed by atoms with E-state index in [0.29, 0.717) is 32.1 Å². The Kier molecular flexibility index (Phi) is 7.18. The van der Waals surface area contributed by atoms with Crippen LogP contribution in [0, 0.1) is 11.8 Å². The summed E-state index contributed by atoms with van der Waals surface area (Å²) in [7, 11) is 5.77. The minimum atomic E-state index is -0.863. The number of rotatable bonds is 5. The van der Waals surface area contributed by atoms with Crippen molar-refractivity contribution < 1.29 is 19.1 Å². The van der Waals surface area contributed by atoms with Gasteiger partial charge in [0.25, 0.3) is 0 Å². The number of Topliss-reactive ketones (excluding diaryl/α,β-unsaturated/α-hetero) is 1. The lowest BCUT2D eigenvalue weighted by Crippen LogP contribution is -2.49. The highest BCUT2D eigenvalue weighted by molar-refractivity contribution is 6.57. The molecule has 2 radical (unpaired) electrons. The lowest BCUT2D eigenvalue weighted by molar-refractivity contribution is -0.133. The normalized spacial score (nSPS) is 27.9. The summed E-state index contributed by atoms with van der Waals surface area (Å²) in [6.07, 6.45) is 2.13. The van der Waals surface area contributed by atoms with Crippen LogP contribution in [0.2, 0.25) is 0 Å². The molecule has 0 spiro atoms. The van der Waals surface area contributed by atoms with E-state index in [2.05, 4.69) is 5.32 Å². The average molecular weight is 438 g/mol. The molecule has 1 heterocycles. The van der Waals surface area contributed by atoms with E-state index in [4.69, 9.17) is 12.6 Å². The highest BCUT2D eigenvalue weighted by atomic mass is 16.5. The van der Waals surface area contributed by atoms with Gasteiger partial charge in [-0.25, -0.2) is 0 Å². The first-order valence-electron chi connectivity index (χ1n) is 11.5. The largest absolute Gasteiger partial charge is 0.351 e. The van der Waals surface area contributed by atoms with E-state index in [1.165, 1.54) is 0 Å². The van der Waals surface area contributed by atoms with Gasteiger partial charge in [-0.3, -0.25) is 14.4 Å². The summed E-state index contributed by atoms with van der Waals surface area (Å²) >= 11 is 0. The first-order valence-corrected chi connectivity index (χ1v) is 11.5. The van der Waals surface area contributed by atoms with Crippen molar-refractivity contribution in [2.75, 3.05) is 0 Å². The molecule has 0 bridgehead atoms. The van der Waals surface area contributed by atoms with Crippen LogP contribution in [0.4, 0.5) is 4.79 Å². The SMILES string of the molecule is [B]C(=O)N1C(Cc2ccccc2)C(CC2CC(=O)CCC2C(=O)NC(C)(C)C)OC1(C)C. The number of carbonyl (C=O) groups is 3. The molecule has 1 aromatic rings. The average Bonchev–Trinajstić information content (AvgIpc) is 2.90. The third kappa shape index (κ3) is 5.80. The van der Waals surface area contributed by atoms with Gasteiger partial charge in [-0.05, 0) is 65.4 Å². The van der Waals surface area contributed by atoms with Crippen molar-refractivity contribution in [3.63, 3.8) is 0 Å². The number of hydrogen-bond acceptors (Lipinski definition) is 4. The molecule has 0 aromatic heterocycles. The minimum Gasteiger partial charge on any atom is -0.351 e. The molecular weight excluding hydrogens is 403 g/mol. The molecule has 2 amide bonds. The number of nitrogens with one attached hydrogen (secondary N) is 1. The summed E-state index contributed by atoms with van der Waals surface area (Å²) in [5.74, 6) is -0.749. The summed E-state index contributed by atoms with van der Waals surface area (Å²) < 4.78 is 6.36. The van der Waals surface area contributed by atoms with E-state index in [0.717, 1.165) is 5.56 Å². The highest BCUT2D eigenvalue weighted by Gasteiger charge is 2.50. The van der Waals surface area contributed by atoms with E-state index in [1.807, 2.05) is 65.0 Å². The van der Waals surface area contributed by atoms with Crippen molar-refractivity contribution in [2.24, 2.45) is 11.8 Å². The lowest BCUT2D eigenvalue weighted by atomic mass is 9.74. The van der Waals surface area contributed by atoms with Gasteiger partial charge < -0.3 is 15.0 Å². The molecule has 1 aliphatic heterocycles. The van der Waals surface area contributed by atoms with E-state index >= 15 is 0 Å². The maximum absolute atomic E-state index is 13.0. The van der Waals surface area contributed by atoms with Crippen LogP contribution in [0.3, 0.4) is 0 Å². The van der Waals surface area contributed by atoms with Gasteiger partial charge >= 0.3 is 0 Å². The van der Waals surface area contributed by atoms with Crippen LogP contribution >= 0.6 is 0 Å². The molecule has 172 valence electrons. The van der Waals surface area contributed by atoms with Gasteiger partial charge in [0.1, 0.15) is 11.5 Å². The third-order valence-electron chi connectivity index (χ3n) is 6.47. The maximum atomic E-state index is 13.0. The fourth-order valence-corrected chi connectivity index (χ4v) is 5.23. The van der Waals surface area contributed by atoms with Crippen molar-refractivity contribution in [3.05, 3.63) is 35.9 Å². The van der Waals surface area contributed by atoms with Crippen LogP contribution < -0.4 is 5.32 Å². The molecule has 4 unspecified atom stereocenters. The van der Waals surface area contributed by atoms with E-state index < -0.39 is 11.5 Å². The Morgan fingerprint density at radius 3 is 2.47 bits per heavy atom. The Hall–Kier alpha value is -2.15. The van der Waals surface area contributed by atoms with Crippen molar-refractivity contribution >= 4 is 25.3 Å². The number of carbonyl (C=O) groups excluding carboxylic acids is 3. The van der Waals surface area contributed by atoms with E-state index in [1.54, 1.807) is 4.90 Å². The Morgan fingerprint density at radius 2 is 1.88 bits per heavy atom. The Morgan fingerprint density at radius 1 is 1.22 bits per heavy atom. The van der Waals surface area contributed by atoms with Gasteiger partial charge in [0, 0.05) is 24.3 Å². The highest BCUT2D eigenvalue weighted by Crippen LogP contribution is 2.40. The molecule has 32 heavy (non-hydrogen) atoms. The Balaban J connectivity index is 1.86. The van der Waals surface area contributed by atoms with Gasteiger partial charge in [-0.2, -0.15) is 0 Å². The zero-order chi connectivity index (χ0) is 23.7. The molecular formula is C25H35BN2O4. The zero-order valence-corrected chi connectivity index (χ0v) is 19.9. The minimum absolute atomic E-state index is 0.0152. The van der Waals surface area contributed by atoms with E-state index in [-0.39, 0.29) is 41.2 Å². The molecule has 7 heteroatoms. The second kappa shape index (κ2) is 9.38. The first kappa shape index (κ1) is 24.5. The van der Waals surface area contributed by atoms with Gasteiger partial charge in [0.05, 0.1) is 12.1 Å². The Labute approximate surface area is 192 Å². The number of amides is 2. The monoisotopic (exact) mass is 438 g/mol. The van der Waals surface area contributed by atoms with Crippen LogP contribution in [0.25, 0.3) is 0 Å². The second-order valence-electron chi connectivity index (χ2n) is 10.7. The smallest absolute Gasteiger partial charge is 0.223 e. The number of benzene rings is 1. The fraction of sp³-hybridized carbons (Fsp3) is 0.640. The molecule has 1 saturated carbocycles. The molecule has 2 fully saturated rings. The molecule has 4 atom stereocenters. The fourth-order valence-electron chi connectivity index (χ4n) is 5.23.